The number of carbonyl (C=O) groups excluding carboxylic acids is 2. The molecule has 0 bridgehead atoms. The predicted molar refractivity (Wildman–Crippen MR) is 137 cm³/mol. The molecule has 1 fully saturated rings. The largest absolute Gasteiger partial charge is 0.522 e. The van der Waals surface area contributed by atoms with Crippen LogP contribution in [-0.2, 0) is 20.9 Å². The number of benzene rings is 1. The number of para-hydroxylation sites is 1. The van der Waals surface area contributed by atoms with Gasteiger partial charge < -0.3 is 9.88 Å². The highest BCUT2D eigenvalue weighted by Gasteiger charge is 2.37. The Morgan fingerprint density at radius 2 is 1.95 bits per heavy atom. The third kappa shape index (κ3) is 4.42. The van der Waals surface area contributed by atoms with Crippen molar-refractivity contribution in [3.8, 4) is 0 Å². The van der Waals surface area contributed by atoms with Crippen LogP contribution in [0.1, 0.15) is 24.1 Å². The molecule has 2 atom stereocenters. The van der Waals surface area contributed by atoms with Crippen LogP contribution in [0.2, 0.25) is 0 Å². The second-order valence-electron chi connectivity index (χ2n) is 9.73. The number of imide groups is 1. The molecule has 38 heavy (non-hydrogen) atoms. The fraction of sp³-hybridized carbons (Fsp3) is 0.346. The summed E-state index contributed by atoms with van der Waals surface area (Å²) < 4.78 is 44.8. The van der Waals surface area contributed by atoms with E-state index in [1.165, 1.54) is 11.3 Å². The van der Waals surface area contributed by atoms with Crippen LogP contribution in [0.5, 0.6) is 0 Å². The standard InChI is InChI=1S/C26H24F3N5O3S/c1-33-8-6-14(10-15(33)13-37-26(27,28)29)12-34-19-5-3-2-4-16(19)22(32-34)21-20(24(35)31-25(21)36)17-11-30-18-7-9-38-23(17)18/h2-5,7,9,11,14-15,30H,6,8,10,12-13H2,1H3,(H,31,35,36). The highest BCUT2D eigenvalue weighted by atomic mass is 32.1. The van der Waals surface area contributed by atoms with Gasteiger partial charge in [0.1, 0.15) is 5.69 Å². The first-order valence-corrected chi connectivity index (χ1v) is 13.1. The molecule has 1 aromatic carbocycles. The smallest absolute Gasteiger partial charge is 0.360 e. The molecule has 2 aliphatic heterocycles. The number of aromatic nitrogens is 3. The summed E-state index contributed by atoms with van der Waals surface area (Å²) in [5.41, 5.74) is 3.23. The van der Waals surface area contributed by atoms with Gasteiger partial charge in [-0.05, 0) is 49.9 Å². The van der Waals surface area contributed by atoms with Crippen molar-refractivity contribution in [2.45, 2.75) is 31.8 Å². The lowest BCUT2D eigenvalue weighted by molar-refractivity contribution is -0.329. The van der Waals surface area contributed by atoms with Gasteiger partial charge in [-0.3, -0.25) is 24.3 Å². The summed E-state index contributed by atoms with van der Waals surface area (Å²) in [6.07, 6.45) is -1.63. The molecule has 2 unspecified atom stereocenters. The number of carbonyl (C=O) groups is 2. The van der Waals surface area contributed by atoms with E-state index < -0.39 is 24.8 Å². The number of aromatic amines is 1. The molecule has 0 saturated carbocycles. The second-order valence-corrected chi connectivity index (χ2v) is 10.6. The Labute approximate surface area is 219 Å². The van der Waals surface area contributed by atoms with Crippen molar-refractivity contribution >= 4 is 55.4 Å². The molecular formula is C26H24F3N5O3S. The first-order valence-electron chi connectivity index (χ1n) is 12.2. The minimum atomic E-state index is -4.67. The Balaban J connectivity index is 1.37. The zero-order valence-electron chi connectivity index (χ0n) is 20.3. The molecule has 2 N–H and O–H groups in total. The summed E-state index contributed by atoms with van der Waals surface area (Å²) in [7, 11) is 1.80. The van der Waals surface area contributed by atoms with Gasteiger partial charge >= 0.3 is 6.36 Å². The molecule has 0 radical (unpaired) electrons. The van der Waals surface area contributed by atoms with Gasteiger partial charge in [0, 0.05) is 29.7 Å². The van der Waals surface area contributed by atoms with Gasteiger partial charge in [0.15, 0.2) is 0 Å². The maximum absolute atomic E-state index is 13.1. The molecule has 3 aromatic heterocycles. The van der Waals surface area contributed by atoms with E-state index in [0.29, 0.717) is 30.8 Å². The predicted octanol–water partition coefficient (Wildman–Crippen LogP) is 4.39. The number of nitrogens with one attached hydrogen (secondary N) is 2. The number of likely N-dealkylation sites (tertiary alicyclic amines) is 1. The van der Waals surface area contributed by atoms with Gasteiger partial charge in [0.05, 0.1) is 33.5 Å². The molecule has 6 rings (SSSR count). The Hall–Kier alpha value is -3.48. The van der Waals surface area contributed by atoms with Crippen molar-refractivity contribution in [2.75, 3.05) is 20.2 Å². The molecule has 8 nitrogen and oxygen atoms in total. The number of likely N-dealkylation sites (N-methyl/N-ethyl adjacent to an activating group) is 1. The van der Waals surface area contributed by atoms with Crippen LogP contribution < -0.4 is 5.32 Å². The maximum atomic E-state index is 13.1. The van der Waals surface area contributed by atoms with E-state index >= 15 is 0 Å². The quantitative estimate of drug-likeness (QED) is 0.352. The van der Waals surface area contributed by atoms with Crippen LogP contribution >= 0.6 is 11.3 Å². The molecule has 198 valence electrons. The summed E-state index contributed by atoms with van der Waals surface area (Å²) in [6, 6.07) is 9.02. The van der Waals surface area contributed by atoms with E-state index in [0.717, 1.165) is 27.5 Å². The van der Waals surface area contributed by atoms with Gasteiger partial charge in [-0.15, -0.1) is 24.5 Å². The van der Waals surface area contributed by atoms with Gasteiger partial charge in [-0.1, -0.05) is 18.2 Å². The number of thiophene rings is 1. The van der Waals surface area contributed by atoms with Crippen molar-refractivity contribution < 1.29 is 27.5 Å². The van der Waals surface area contributed by atoms with E-state index in [9.17, 15) is 22.8 Å². The monoisotopic (exact) mass is 543 g/mol. The third-order valence-electron chi connectivity index (χ3n) is 7.37. The molecule has 4 aromatic rings. The summed E-state index contributed by atoms with van der Waals surface area (Å²) in [6.45, 7) is 0.682. The summed E-state index contributed by atoms with van der Waals surface area (Å²) in [5, 5.41) is 9.90. The number of amides is 2. The molecule has 1 saturated heterocycles. The van der Waals surface area contributed by atoms with Crippen LogP contribution in [0.25, 0.3) is 32.3 Å². The summed E-state index contributed by atoms with van der Waals surface area (Å²) in [4.78, 5) is 31.1. The fourth-order valence-electron chi connectivity index (χ4n) is 5.47. The van der Waals surface area contributed by atoms with Crippen LogP contribution in [0.4, 0.5) is 13.2 Å². The third-order valence-corrected chi connectivity index (χ3v) is 8.31. The number of nitrogens with zero attached hydrogens (tertiary/aromatic N) is 3. The van der Waals surface area contributed by atoms with Crippen molar-refractivity contribution in [3.63, 3.8) is 0 Å². The number of hydrogen-bond acceptors (Lipinski definition) is 6. The first-order chi connectivity index (χ1) is 18.2. The van der Waals surface area contributed by atoms with Crippen molar-refractivity contribution in [1.82, 2.24) is 25.0 Å². The highest BCUT2D eigenvalue weighted by Crippen LogP contribution is 2.39. The lowest BCUT2D eigenvalue weighted by Gasteiger charge is -2.37. The molecule has 0 spiro atoms. The van der Waals surface area contributed by atoms with Gasteiger partial charge in [-0.25, -0.2) is 0 Å². The lowest BCUT2D eigenvalue weighted by Crippen LogP contribution is -2.44. The van der Waals surface area contributed by atoms with Crippen molar-refractivity contribution in [1.29, 1.82) is 0 Å². The van der Waals surface area contributed by atoms with E-state index in [4.69, 9.17) is 5.10 Å². The average Bonchev–Trinajstić information content (AvgIpc) is 3.62. The topological polar surface area (TPSA) is 92.3 Å². The van der Waals surface area contributed by atoms with Gasteiger partial charge in [0.25, 0.3) is 11.8 Å². The number of hydrogen-bond donors (Lipinski definition) is 2. The van der Waals surface area contributed by atoms with E-state index in [2.05, 4.69) is 15.0 Å². The molecular weight excluding hydrogens is 519 g/mol. The zero-order chi connectivity index (χ0) is 26.6. The molecule has 0 aliphatic carbocycles. The van der Waals surface area contributed by atoms with Crippen LogP contribution in [-0.4, -0.2) is 64.1 Å². The minimum absolute atomic E-state index is 0.0621. The number of fused-ring (bicyclic) bond motifs is 2. The van der Waals surface area contributed by atoms with Crippen LogP contribution in [0.3, 0.4) is 0 Å². The summed E-state index contributed by atoms with van der Waals surface area (Å²) in [5.74, 6) is -0.914. The number of ether oxygens (including phenoxy) is 1. The number of halogens is 3. The van der Waals surface area contributed by atoms with Crippen molar-refractivity contribution in [3.05, 3.63) is 53.2 Å². The van der Waals surface area contributed by atoms with Gasteiger partial charge in [-0.2, -0.15) is 5.10 Å². The maximum Gasteiger partial charge on any atom is 0.522 e. The normalized spacial score (nSPS) is 21.3. The minimum Gasteiger partial charge on any atom is -0.360 e. The molecule has 12 heteroatoms. The Bertz CT molecular complexity index is 1580. The van der Waals surface area contributed by atoms with E-state index in [1.807, 2.05) is 40.6 Å². The van der Waals surface area contributed by atoms with Crippen LogP contribution in [0.15, 0.2) is 41.9 Å². The van der Waals surface area contributed by atoms with Gasteiger partial charge in [0.2, 0.25) is 0 Å². The van der Waals surface area contributed by atoms with E-state index in [-0.39, 0.29) is 23.1 Å². The first kappa shape index (κ1) is 24.8. The number of alkyl halides is 3. The fourth-order valence-corrected chi connectivity index (χ4v) is 6.35. The second kappa shape index (κ2) is 9.37. The molecule has 2 aliphatic rings. The number of H-pyrrole nitrogens is 1. The lowest BCUT2D eigenvalue weighted by atomic mass is 9.91. The zero-order valence-corrected chi connectivity index (χ0v) is 21.2. The number of rotatable bonds is 6. The van der Waals surface area contributed by atoms with Crippen LogP contribution in [0, 0.1) is 5.92 Å². The SMILES string of the molecule is CN1CCC(Cn2nc(C3=C(c4c[nH]c5ccsc45)C(=O)NC3=O)c3ccccc32)CC1COC(F)(F)F. The number of piperidine rings is 1. The Kier molecular flexibility index (Phi) is 6.12. The summed E-state index contributed by atoms with van der Waals surface area (Å²) >= 11 is 1.48. The molecule has 2 amide bonds. The van der Waals surface area contributed by atoms with E-state index in [1.54, 1.807) is 17.9 Å². The Morgan fingerprint density at radius 3 is 2.76 bits per heavy atom. The molecule has 5 heterocycles. The Morgan fingerprint density at radius 1 is 1.16 bits per heavy atom. The van der Waals surface area contributed by atoms with Crippen molar-refractivity contribution in [2.24, 2.45) is 5.92 Å². The highest BCUT2D eigenvalue weighted by molar-refractivity contribution is 7.17. The average molecular weight is 544 g/mol.